The summed E-state index contributed by atoms with van der Waals surface area (Å²) in [6.07, 6.45) is -15.1. The lowest BCUT2D eigenvalue weighted by Gasteiger charge is -2.48. The van der Waals surface area contributed by atoms with Gasteiger partial charge in [0.1, 0.15) is 25.4 Å². The Kier molecular flexibility index (Phi) is 20.0. The molecule has 0 amide bonds. The molecule has 0 radical (unpaired) electrons. The van der Waals surface area contributed by atoms with Gasteiger partial charge in [0.2, 0.25) is 0 Å². The average molecular weight is 867 g/mol. The summed E-state index contributed by atoms with van der Waals surface area (Å²) < 4.78 is 75.2. The van der Waals surface area contributed by atoms with Gasteiger partial charge >= 0.3 is 29.8 Å². The first kappa shape index (κ1) is 51.3. The molecule has 0 saturated carbocycles. The molecular formula is C40H66O20. The lowest BCUT2D eigenvalue weighted by Crippen LogP contribution is -2.61. The number of carbonyl (C=O) groups is 5. The Labute approximate surface area is 351 Å². The zero-order valence-electron chi connectivity index (χ0n) is 36.8. The van der Waals surface area contributed by atoms with E-state index in [1.807, 2.05) is 13.8 Å². The zero-order valence-corrected chi connectivity index (χ0v) is 36.8. The molecule has 0 aromatic heterocycles. The fourth-order valence-corrected chi connectivity index (χ4v) is 7.80. The minimum Gasteiger partial charge on any atom is -0.469 e. The van der Waals surface area contributed by atoms with Gasteiger partial charge < -0.3 is 71.8 Å². The van der Waals surface area contributed by atoms with E-state index in [4.69, 9.17) is 61.6 Å². The van der Waals surface area contributed by atoms with E-state index in [0.717, 1.165) is 7.11 Å². The molecule has 7 unspecified atom stereocenters. The van der Waals surface area contributed by atoms with Crippen LogP contribution in [0.4, 0.5) is 0 Å². The van der Waals surface area contributed by atoms with Gasteiger partial charge in [0.15, 0.2) is 37.4 Å². The fourth-order valence-electron chi connectivity index (χ4n) is 7.80. The SMILES string of the molecule is COC(=O)C[C@@H](O[C@@H]1OC(COC(C)=O)[C@@H](O[C@@H]2OC(C(=O)OC)[C@@H](O)[C@H](C)C2C)[C@H](C)C1OC(C)=O)[C@@H](OC)C(C)[C@@H](O)O[C@@H]1C(COC(C)=O)O[C@H](OC)C(C)[C@H]1C. The second-order valence-electron chi connectivity index (χ2n) is 15.8. The minimum atomic E-state index is -1.57. The molecule has 20 nitrogen and oxygen atoms in total. The van der Waals surface area contributed by atoms with Crippen LogP contribution < -0.4 is 0 Å². The molecule has 3 aliphatic rings. The van der Waals surface area contributed by atoms with Crippen LogP contribution in [0.5, 0.6) is 0 Å². The predicted molar refractivity (Wildman–Crippen MR) is 203 cm³/mol. The van der Waals surface area contributed by atoms with Gasteiger partial charge in [-0.3, -0.25) is 19.2 Å². The zero-order chi connectivity index (χ0) is 45.2. The molecule has 346 valence electrons. The average Bonchev–Trinajstić information content (AvgIpc) is 3.20. The van der Waals surface area contributed by atoms with Crippen molar-refractivity contribution in [2.24, 2.45) is 35.5 Å². The van der Waals surface area contributed by atoms with Crippen LogP contribution in [0.15, 0.2) is 0 Å². The quantitative estimate of drug-likeness (QED) is 0.105. The summed E-state index contributed by atoms with van der Waals surface area (Å²) in [5, 5.41) is 22.4. The Hall–Kier alpha value is -3.05. The van der Waals surface area contributed by atoms with Crippen molar-refractivity contribution >= 4 is 29.8 Å². The summed E-state index contributed by atoms with van der Waals surface area (Å²) in [6, 6.07) is 0. The molecule has 0 bridgehead atoms. The van der Waals surface area contributed by atoms with E-state index < -0.39 is 140 Å². The lowest BCUT2D eigenvalue weighted by molar-refractivity contribution is -0.348. The van der Waals surface area contributed by atoms with Gasteiger partial charge in [-0.15, -0.1) is 0 Å². The van der Waals surface area contributed by atoms with E-state index in [0.29, 0.717) is 0 Å². The number of aliphatic hydroxyl groups excluding tert-OH is 2. The van der Waals surface area contributed by atoms with Gasteiger partial charge in [0, 0.05) is 58.7 Å². The highest BCUT2D eigenvalue weighted by Crippen LogP contribution is 2.39. The van der Waals surface area contributed by atoms with Crippen LogP contribution in [0.3, 0.4) is 0 Å². The molecule has 3 aliphatic heterocycles. The summed E-state index contributed by atoms with van der Waals surface area (Å²) >= 11 is 0. The Morgan fingerprint density at radius 2 is 1.22 bits per heavy atom. The Balaban J connectivity index is 1.97. The van der Waals surface area contributed by atoms with Crippen LogP contribution in [0, 0.1) is 35.5 Å². The summed E-state index contributed by atoms with van der Waals surface area (Å²) in [5.74, 6) is -6.58. The molecule has 19 atom stereocenters. The van der Waals surface area contributed by atoms with Gasteiger partial charge in [0.05, 0.1) is 51.2 Å². The summed E-state index contributed by atoms with van der Waals surface area (Å²) in [6.45, 7) is 13.7. The number of ether oxygens (including phenoxy) is 13. The van der Waals surface area contributed by atoms with Crippen LogP contribution >= 0.6 is 0 Å². The molecule has 2 N–H and O–H groups in total. The van der Waals surface area contributed by atoms with Crippen molar-refractivity contribution in [2.75, 3.05) is 41.7 Å². The second kappa shape index (κ2) is 23.4. The predicted octanol–water partition coefficient (Wildman–Crippen LogP) is 1.27. The fraction of sp³-hybridized carbons (Fsp3) is 0.875. The third kappa shape index (κ3) is 13.0. The standard InChI is InChI=1S/C40H66O20/c1-17-19(3)39(60-35(30(17)45)37(47)50-12)59-33-21(5)34(54-25(9)43)40(57-28(33)16-53-24(8)42)55-26(14-29(44)48-10)31(49-11)22(6)36(46)58-32-18(2)20(4)38(51-13)56-27(32)15-52-23(7)41/h17-22,26-28,30-36,38-40,45-46H,14-16H2,1-13H3/t17-,18-,19?,20?,21+,22?,26-,27?,28?,30+,31+,32+,33+,34?,35?,36+,38+,39-,40-/m1/s1. The van der Waals surface area contributed by atoms with Crippen molar-refractivity contribution in [3.63, 3.8) is 0 Å². The second-order valence-corrected chi connectivity index (χ2v) is 15.8. The highest BCUT2D eigenvalue weighted by atomic mass is 16.8. The highest BCUT2D eigenvalue weighted by molar-refractivity contribution is 5.75. The summed E-state index contributed by atoms with van der Waals surface area (Å²) in [5.41, 5.74) is 0. The molecule has 3 saturated heterocycles. The molecule has 3 rings (SSSR count). The number of carbonyl (C=O) groups excluding carboxylic acids is 5. The van der Waals surface area contributed by atoms with E-state index in [1.54, 1.807) is 27.7 Å². The molecule has 3 heterocycles. The number of hydrogen-bond donors (Lipinski definition) is 2. The molecule has 20 heteroatoms. The van der Waals surface area contributed by atoms with Crippen LogP contribution in [-0.4, -0.2) is 162 Å². The molecule has 0 aliphatic carbocycles. The highest BCUT2D eigenvalue weighted by Gasteiger charge is 2.53. The molecular weight excluding hydrogens is 800 g/mol. The molecule has 0 aromatic rings. The summed E-state index contributed by atoms with van der Waals surface area (Å²) in [7, 11) is 5.18. The van der Waals surface area contributed by atoms with E-state index in [9.17, 15) is 34.2 Å². The lowest BCUT2D eigenvalue weighted by atomic mass is 9.84. The van der Waals surface area contributed by atoms with Crippen molar-refractivity contribution in [1.82, 2.24) is 0 Å². The first-order valence-corrected chi connectivity index (χ1v) is 20.1. The van der Waals surface area contributed by atoms with Crippen LogP contribution in [0.25, 0.3) is 0 Å². The van der Waals surface area contributed by atoms with E-state index in [2.05, 4.69) is 0 Å². The molecule has 3 fully saturated rings. The maximum atomic E-state index is 12.9. The number of methoxy groups -OCH3 is 4. The van der Waals surface area contributed by atoms with Crippen molar-refractivity contribution in [3.05, 3.63) is 0 Å². The Bertz CT molecular complexity index is 1410. The molecule has 60 heavy (non-hydrogen) atoms. The smallest absolute Gasteiger partial charge is 0.337 e. The van der Waals surface area contributed by atoms with Gasteiger partial charge in [-0.2, -0.15) is 0 Å². The molecule has 0 spiro atoms. The van der Waals surface area contributed by atoms with Crippen LogP contribution in [0.1, 0.15) is 68.7 Å². The van der Waals surface area contributed by atoms with Crippen LogP contribution in [-0.2, 0) is 85.6 Å². The first-order chi connectivity index (χ1) is 28.2. The van der Waals surface area contributed by atoms with Crippen molar-refractivity contribution in [1.29, 1.82) is 0 Å². The largest absolute Gasteiger partial charge is 0.469 e. The van der Waals surface area contributed by atoms with Crippen molar-refractivity contribution < 1.29 is 95.8 Å². The monoisotopic (exact) mass is 866 g/mol. The van der Waals surface area contributed by atoms with Gasteiger partial charge in [-0.05, 0) is 11.8 Å². The third-order valence-electron chi connectivity index (χ3n) is 11.8. The third-order valence-corrected chi connectivity index (χ3v) is 11.8. The number of esters is 5. The van der Waals surface area contributed by atoms with E-state index >= 15 is 0 Å². The Morgan fingerprint density at radius 3 is 1.73 bits per heavy atom. The van der Waals surface area contributed by atoms with E-state index in [-0.39, 0.29) is 25.0 Å². The van der Waals surface area contributed by atoms with Crippen LogP contribution in [0.2, 0.25) is 0 Å². The molecule has 0 aromatic carbocycles. The number of hydrogen-bond acceptors (Lipinski definition) is 20. The van der Waals surface area contributed by atoms with Gasteiger partial charge in [-0.1, -0.05) is 41.5 Å². The normalized spacial score (nSPS) is 36.5. The Morgan fingerprint density at radius 1 is 0.650 bits per heavy atom. The van der Waals surface area contributed by atoms with E-state index in [1.165, 1.54) is 42.1 Å². The van der Waals surface area contributed by atoms with Gasteiger partial charge in [-0.25, -0.2) is 4.79 Å². The maximum absolute atomic E-state index is 12.9. The number of rotatable bonds is 19. The van der Waals surface area contributed by atoms with Gasteiger partial charge in [0.25, 0.3) is 0 Å². The van der Waals surface area contributed by atoms with Crippen molar-refractivity contribution in [3.8, 4) is 0 Å². The minimum absolute atomic E-state index is 0.174. The summed E-state index contributed by atoms with van der Waals surface area (Å²) in [4.78, 5) is 61.9. The maximum Gasteiger partial charge on any atom is 0.337 e. The first-order valence-electron chi connectivity index (χ1n) is 20.1. The van der Waals surface area contributed by atoms with Crippen molar-refractivity contribution in [2.45, 2.75) is 149 Å². The number of aliphatic hydroxyl groups is 2. The topological polar surface area (TPSA) is 246 Å².